The van der Waals surface area contributed by atoms with Gasteiger partial charge in [-0.3, -0.25) is 4.90 Å². The number of halogens is 1. The number of hydrogen-bond donors (Lipinski definition) is 1. The molecule has 1 aliphatic heterocycles. The summed E-state index contributed by atoms with van der Waals surface area (Å²) in [4.78, 5) is 2.61. The highest BCUT2D eigenvalue weighted by Gasteiger charge is 2.26. The highest BCUT2D eigenvalue weighted by molar-refractivity contribution is 6.30. The third kappa shape index (κ3) is 3.25. The maximum Gasteiger partial charge on any atom is 0.0406 e. The van der Waals surface area contributed by atoms with Gasteiger partial charge in [-0.15, -0.1) is 0 Å². The molecule has 0 spiro atoms. The molecule has 1 fully saturated rings. The summed E-state index contributed by atoms with van der Waals surface area (Å²) >= 11 is 5.99. The number of nitrogens with zero attached hydrogens (tertiary/aromatic N) is 1. The Hall–Kier alpha value is -0.570. The van der Waals surface area contributed by atoms with Gasteiger partial charge in [-0.05, 0) is 23.6 Å². The molecule has 2 rings (SSSR count). The summed E-state index contributed by atoms with van der Waals surface area (Å²) in [5.74, 6) is 0.671. The zero-order valence-electron chi connectivity index (χ0n) is 11.3. The minimum atomic E-state index is 0.523. The molecule has 0 aromatic heterocycles. The lowest BCUT2D eigenvalue weighted by Gasteiger charge is -2.38. The molecule has 18 heavy (non-hydrogen) atoms. The summed E-state index contributed by atoms with van der Waals surface area (Å²) in [5, 5.41) is 4.25. The Morgan fingerprint density at radius 1 is 1.22 bits per heavy atom. The second-order valence-electron chi connectivity index (χ2n) is 5.17. The van der Waals surface area contributed by atoms with Crippen molar-refractivity contribution in [1.29, 1.82) is 0 Å². The average Bonchev–Trinajstić information content (AvgIpc) is 2.42. The van der Waals surface area contributed by atoms with Crippen molar-refractivity contribution in [2.45, 2.75) is 26.3 Å². The fourth-order valence-corrected chi connectivity index (χ4v) is 2.87. The van der Waals surface area contributed by atoms with Crippen molar-refractivity contribution in [3.05, 3.63) is 34.9 Å². The Morgan fingerprint density at radius 3 is 2.39 bits per heavy atom. The molecule has 0 amide bonds. The van der Waals surface area contributed by atoms with E-state index >= 15 is 0 Å². The van der Waals surface area contributed by atoms with Gasteiger partial charge in [0.15, 0.2) is 0 Å². The van der Waals surface area contributed by atoms with Crippen LogP contribution in [0.15, 0.2) is 24.3 Å². The molecule has 1 N–H and O–H groups in total. The van der Waals surface area contributed by atoms with E-state index in [0.29, 0.717) is 12.0 Å². The molecule has 1 aliphatic rings. The first-order valence-corrected chi connectivity index (χ1v) is 7.30. The Balaban J connectivity index is 2.20. The second kappa shape index (κ2) is 6.55. The number of nitrogens with one attached hydrogen (secondary N) is 1. The Bertz CT molecular complexity index is 357. The van der Waals surface area contributed by atoms with Gasteiger partial charge >= 0.3 is 0 Å². The van der Waals surface area contributed by atoms with E-state index in [1.807, 2.05) is 12.1 Å². The van der Waals surface area contributed by atoms with Gasteiger partial charge in [-0.25, -0.2) is 0 Å². The quantitative estimate of drug-likeness (QED) is 0.899. The summed E-state index contributed by atoms with van der Waals surface area (Å²) in [6, 6.07) is 8.90. The van der Waals surface area contributed by atoms with Crippen LogP contribution in [0.1, 0.15) is 31.9 Å². The van der Waals surface area contributed by atoms with Crippen molar-refractivity contribution in [2.24, 2.45) is 5.92 Å². The lowest BCUT2D eigenvalue weighted by Crippen LogP contribution is -2.46. The predicted molar refractivity (Wildman–Crippen MR) is 78.1 cm³/mol. The zero-order chi connectivity index (χ0) is 13.0. The van der Waals surface area contributed by atoms with Gasteiger partial charge in [0.25, 0.3) is 0 Å². The van der Waals surface area contributed by atoms with Gasteiger partial charge < -0.3 is 5.32 Å². The third-order valence-corrected chi connectivity index (χ3v) is 4.19. The van der Waals surface area contributed by atoms with E-state index in [2.05, 4.69) is 36.2 Å². The van der Waals surface area contributed by atoms with E-state index in [-0.39, 0.29) is 0 Å². The van der Waals surface area contributed by atoms with Crippen molar-refractivity contribution >= 4 is 11.6 Å². The minimum Gasteiger partial charge on any atom is -0.314 e. The number of piperazine rings is 1. The molecule has 0 aliphatic carbocycles. The first-order chi connectivity index (χ1) is 8.72. The van der Waals surface area contributed by atoms with Gasteiger partial charge in [0, 0.05) is 37.2 Å². The number of rotatable bonds is 4. The predicted octanol–water partition coefficient (Wildman–Crippen LogP) is 3.33. The van der Waals surface area contributed by atoms with Crippen molar-refractivity contribution < 1.29 is 0 Å². The average molecular weight is 267 g/mol. The number of benzene rings is 1. The van der Waals surface area contributed by atoms with E-state index in [1.54, 1.807) is 0 Å². The molecular formula is C15H23ClN2. The summed E-state index contributed by atoms with van der Waals surface area (Å²) in [6.07, 6.45) is 1.21. The summed E-state index contributed by atoms with van der Waals surface area (Å²) in [6.45, 7) is 9.09. The number of hydrogen-bond acceptors (Lipinski definition) is 2. The van der Waals surface area contributed by atoms with Crippen LogP contribution in [0.25, 0.3) is 0 Å². The SMILES string of the molecule is CCC(C)[C@@H](c1ccc(Cl)cc1)N1CCNCC1. The molecule has 3 heteroatoms. The van der Waals surface area contributed by atoms with Crippen LogP contribution in [-0.2, 0) is 0 Å². The molecule has 0 bridgehead atoms. The standard InChI is InChI=1S/C15H23ClN2/c1-3-12(2)15(18-10-8-17-9-11-18)13-4-6-14(16)7-5-13/h4-7,12,15,17H,3,8-11H2,1-2H3/t12?,15-/m0/s1. The summed E-state index contributed by atoms with van der Waals surface area (Å²) in [5.41, 5.74) is 1.40. The molecule has 1 unspecified atom stereocenters. The summed E-state index contributed by atoms with van der Waals surface area (Å²) < 4.78 is 0. The monoisotopic (exact) mass is 266 g/mol. The van der Waals surface area contributed by atoms with Crippen molar-refractivity contribution in [2.75, 3.05) is 26.2 Å². The van der Waals surface area contributed by atoms with Crippen LogP contribution in [-0.4, -0.2) is 31.1 Å². The molecule has 1 aromatic rings. The molecule has 0 radical (unpaired) electrons. The van der Waals surface area contributed by atoms with Crippen LogP contribution in [0.4, 0.5) is 0 Å². The zero-order valence-corrected chi connectivity index (χ0v) is 12.1. The van der Waals surface area contributed by atoms with Crippen LogP contribution >= 0.6 is 11.6 Å². The Morgan fingerprint density at radius 2 is 1.83 bits per heavy atom. The molecule has 1 heterocycles. The topological polar surface area (TPSA) is 15.3 Å². The van der Waals surface area contributed by atoms with E-state index in [0.717, 1.165) is 31.2 Å². The first kappa shape index (κ1) is 13.9. The molecule has 0 saturated carbocycles. The van der Waals surface area contributed by atoms with Gasteiger partial charge in [-0.2, -0.15) is 0 Å². The first-order valence-electron chi connectivity index (χ1n) is 6.92. The van der Waals surface area contributed by atoms with Crippen molar-refractivity contribution in [3.63, 3.8) is 0 Å². The highest BCUT2D eigenvalue weighted by Crippen LogP contribution is 2.31. The minimum absolute atomic E-state index is 0.523. The second-order valence-corrected chi connectivity index (χ2v) is 5.60. The van der Waals surface area contributed by atoms with Gasteiger partial charge in [0.1, 0.15) is 0 Å². The molecule has 1 aromatic carbocycles. The van der Waals surface area contributed by atoms with E-state index in [1.165, 1.54) is 12.0 Å². The van der Waals surface area contributed by atoms with Gasteiger partial charge in [0.05, 0.1) is 0 Å². The van der Waals surface area contributed by atoms with E-state index in [9.17, 15) is 0 Å². The molecule has 1 saturated heterocycles. The molecule has 2 nitrogen and oxygen atoms in total. The van der Waals surface area contributed by atoms with Crippen LogP contribution in [0.2, 0.25) is 5.02 Å². The third-order valence-electron chi connectivity index (χ3n) is 3.94. The molecular weight excluding hydrogens is 244 g/mol. The van der Waals surface area contributed by atoms with Crippen LogP contribution < -0.4 is 5.32 Å². The van der Waals surface area contributed by atoms with E-state index in [4.69, 9.17) is 11.6 Å². The van der Waals surface area contributed by atoms with Crippen LogP contribution in [0, 0.1) is 5.92 Å². The van der Waals surface area contributed by atoms with Gasteiger partial charge in [0.2, 0.25) is 0 Å². The van der Waals surface area contributed by atoms with Crippen LogP contribution in [0.5, 0.6) is 0 Å². The lowest BCUT2D eigenvalue weighted by atomic mass is 9.90. The Labute approximate surface area is 115 Å². The van der Waals surface area contributed by atoms with Crippen molar-refractivity contribution in [3.8, 4) is 0 Å². The fourth-order valence-electron chi connectivity index (χ4n) is 2.74. The lowest BCUT2D eigenvalue weighted by molar-refractivity contribution is 0.128. The molecule has 100 valence electrons. The van der Waals surface area contributed by atoms with Gasteiger partial charge in [-0.1, -0.05) is 44.0 Å². The smallest absolute Gasteiger partial charge is 0.0406 e. The van der Waals surface area contributed by atoms with E-state index < -0.39 is 0 Å². The largest absolute Gasteiger partial charge is 0.314 e. The molecule has 2 atom stereocenters. The van der Waals surface area contributed by atoms with Crippen molar-refractivity contribution in [1.82, 2.24) is 10.2 Å². The maximum atomic E-state index is 5.99. The maximum absolute atomic E-state index is 5.99. The Kier molecular flexibility index (Phi) is 5.04. The fraction of sp³-hybridized carbons (Fsp3) is 0.600. The summed E-state index contributed by atoms with van der Waals surface area (Å²) in [7, 11) is 0. The van der Waals surface area contributed by atoms with Crippen LogP contribution in [0.3, 0.4) is 0 Å². The normalized spacial score (nSPS) is 20.6. The highest BCUT2D eigenvalue weighted by atomic mass is 35.5.